The molecule has 23 heavy (non-hydrogen) atoms. The molecule has 1 aromatic heterocycles. The second-order valence-electron chi connectivity index (χ2n) is 6.28. The van der Waals surface area contributed by atoms with Crippen LogP contribution in [0.3, 0.4) is 0 Å². The second kappa shape index (κ2) is 6.77. The van der Waals surface area contributed by atoms with E-state index in [1.54, 1.807) is 12.1 Å². The van der Waals surface area contributed by atoms with Crippen LogP contribution in [0.25, 0.3) is 10.9 Å². The quantitative estimate of drug-likeness (QED) is 0.623. The topological polar surface area (TPSA) is 49.9 Å². The molecule has 1 heterocycles. The third kappa shape index (κ3) is 4.85. The van der Waals surface area contributed by atoms with Gasteiger partial charge in [-0.05, 0) is 40.6 Å². The van der Waals surface area contributed by atoms with E-state index in [2.05, 4.69) is 44.0 Å². The van der Waals surface area contributed by atoms with Gasteiger partial charge >= 0.3 is 0 Å². The first-order valence-corrected chi connectivity index (χ1v) is 9.56. The molecular weight excluding hydrogens is 330 g/mol. The van der Waals surface area contributed by atoms with Crippen molar-refractivity contribution in [1.29, 1.82) is 0 Å². The van der Waals surface area contributed by atoms with E-state index in [9.17, 15) is 8.42 Å². The minimum absolute atomic E-state index is 0.0224. The van der Waals surface area contributed by atoms with Gasteiger partial charge in [-0.1, -0.05) is 51.1 Å². The Bertz CT molecular complexity index is 845. The largest absolute Gasteiger partial charge is 0.361 e. The highest BCUT2D eigenvalue weighted by Crippen LogP contribution is 2.24. The predicted molar refractivity (Wildman–Crippen MR) is 96.5 cm³/mol. The standard InChI is InChI=1S/C10H13ClO2S.C8H7N/c1-10(2,3)8-4-6-9(7-5-8)14(11,12)13;1-2-4-8-7(3-1)5-6-9-8/h4-7H,1-3H3;1-6,9H. The molecule has 0 aliphatic heterocycles. The second-order valence-corrected chi connectivity index (χ2v) is 8.84. The first-order valence-electron chi connectivity index (χ1n) is 7.25. The zero-order valence-electron chi connectivity index (χ0n) is 13.4. The van der Waals surface area contributed by atoms with Crippen LogP contribution in [0.2, 0.25) is 0 Å². The summed E-state index contributed by atoms with van der Waals surface area (Å²) >= 11 is 0. The van der Waals surface area contributed by atoms with Gasteiger partial charge in [-0.3, -0.25) is 0 Å². The van der Waals surface area contributed by atoms with Gasteiger partial charge in [-0.15, -0.1) is 0 Å². The molecule has 5 heteroatoms. The molecule has 0 atom stereocenters. The summed E-state index contributed by atoms with van der Waals surface area (Å²) in [5, 5.41) is 1.28. The van der Waals surface area contributed by atoms with Crippen LogP contribution in [0.1, 0.15) is 26.3 Å². The number of rotatable bonds is 1. The summed E-state index contributed by atoms with van der Waals surface area (Å²) in [5.74, 6) is 0. The Morgan fingerprint density at radius 1 is 0.913 bits per heavy atom. The lowest BCUT2D eigenvalue weighted by Crippen LogP contribution is -2.10. The smallest absolute Gasteiger partial charge is 0.261 e. The summed E-state index contributed by atoms with van der Waals surface area (Å²) in [7, 11) is 1.60. The predicted octanol–water partition coefficient (Wildman–Crippen LogP) is 5.08. The van der Waals surface area contributed by atoms with Crippen LogP contribution in [-0.4, -0.2) is 13.4 Å². The SMILES string of the molecule is CC(C)(C)c1ccc(S(=O)(=O)Cl)cc1.c1ccc2[nH]ccc2c1. The Balaban J connectivity index is 0.000000182. The van der Waals surface area contributed by atoms with Gasteiger partial charge in [-0.25, -0.2) is 8.42 Å². The van der Waals surface area contributed by atoms with E-state index in [1.807, 2.05) is 18.3 Å². The molecule has 0 fully saturated rings. The van der Waals surface area contributed by atoms with E-state index >= 15 is 0 Å². The molecule has 0 amide bonds. The first kappa shape index (κ1) is 17.6. The third-order valence-electron chi connectivity index (χ3n) is 3.46. The lowest BCUT2D eigenvalue weighted by atomic mass is 9.87. The maximum atomic E-state index is 11.0. The van der Waals surface area contributed by atoms with Crippen molar-refractivity contribution in [3.05, 3.63) is 66.4 Å². The van der Waals surface area contributed by atoms with Crippen molar-refractivity contribution in [3.8, 4) is 0 Å². The Morgan fingerprint density at radius 3 is 2.04 bits per heavy atom. The molecule has 0 aliphatic rings. The number of para-hydroxylation sites is 1. The molecule has 1 N–H and O–H groups in total. The number of benzene rings is 2. The van der Waals surface area contributed by atoms with Crippen molar-refractivity contribution in [1.82, 2.24) is 4.98 Å². The Hall–Kier alpha value is -1.78. The highest BCUT2D eigenvalue weighted by Gasteiger charge is 2.15. The molecule has 3 nitrogen and oxygen atoms in total. The van der Waals surface area contributed by atoms with Crippen molar-refractivity contribution < 1.29 is 8.42 Å². The maximum Gasteiger partial charge on any atom is 0.261 e. The zero-order valence-corrected chi connectivity index (χ0v) is 14.9. The first-order chi connectivity index (χ1) is 10.7. The van der Waals surface area contributed by atoms with Crippen LogP contribution in [0.4, 0.5) is 0 Å². The van der Waals surface area contributed by atoms with Crippen LogP contribution in [-0.2, 0) is 14.5 Å². The minimum atomic E-state index is -3.59. The molecule has 0 spiro atoms. The van der Waals surface area contributed by atoms with Crippen molar-refractivity contribution in [2.24, 2.45) is 0 Å². The molecule has 0 radical (unpaired) electrons. The van der Waals surface area contributed by atoms with Gasteiger partial charge in [0.05, 0.1) is 4.90 Å². The molecule has 0 bridgehead atoms. The number of H-pyrrole nitrogens is 1. The molecule has 3 rings (SSSR count). The number of halogens is 1. The molecule has 2 aromatic carbocycles. The van der Waals surface area contributed by atoms with E-state index in [0.29, 0.717) is 0 Å². The Kier molecular flexibility index (Phi) is 5.17. The molecular formula is C18H20ClNO2S. The average molecular weight is 350 g/mol. The van der Waals surface area contributed by atoms with Gasteiger partial charge in [0.2, 0.25) is 0 Å². The lowest BCUT2D eigenvalue weighted by molar-refractivity contribution is 0.588. The van der Waals surface area contributed by atoms with Crippen LogP contribution >= 0.6 is 10.7 Å². The molecule has 0 saturated heterocycles. The number of fused-ring (bicyclic) bond motifs is 1. The van der Waals surface area contributed by atoms with Crippen molar-refractivity contribution >= 4 is 30.6 Å². The summed E-state index contributed by atoms with van der Waals surface area (Å²) in [4.78, 5) is 3.27. The van der Waals surface area contributed by atoms with Crippen LogP contribution in [0.15, 0.2) is 65.7 Å². The van der Waals surface area contributed by atoms with Gasteiger partial charge in [-0.2, -0.15) is 0 Å². The number of aromatic amines is 1. The molecule has 0 aliphatic carbocycles. The van der Waals surface area contributed by atoms with E-state index in [4.69, 9.17) is 10.7 Å². The normalized spacial score (nSPS) is 11.8. The van der Waals surface area contributed by atoms with Crippen molar-refractivity contribution in [2.45, 2.75) is 31.1 Å². The third-order valence-corrected chi connectivity index (χ3v) is 4.83. The van der Waals surface area contributed by atoms with E-state index < -0.39 is 9.05 Å². The van der Waals surface area contributed by atoms with E-state index in [1.165, 1.54) is 23.0 Å². The fourth-order valence-electron chi connectivity index (χ4n) is 2.11. The van der Waals surface area contributed by atoms with E-state index in [-0.39, 0.29) is 10.3 Å². The highest BCUT2D eigenvalue weighted by molar-refractivity contribution is 8.13. The molecule has 0 unspecified atom stereocenters. The van der Waals surface area contributed by atoms with Gasteiger partial charge < -0.3 is 4.98 Å². The summed E-state index contributed by atoms with van der Waals surface area (Å²) in [6.07, 6.45) is 1.95. The zero-order chi connectivity index (χ0) is 17.1. The molecule has 122 valence electrons. The van der Waals surface area contributed by atoms with Gasteiger partial charge in [0.25, 0.3) is 9.05 Å². The fourth-order valence-corrected chi connectivity index (χ4v) is 2.88. The summed E-state index contributed by atoms with van der Waals surface area (Å²) < 4.78 is 21.9. The maximum absolute atomic E-state index is 11.0. The fraction of sp³-hybridized carbons (Fsp3) is 0.222. The average Bonchev–Trinajstić information content (AvgIpc) is 2.95. The number of nitrogens with one attached hydrogen (secondary N) is 1. The van der Waals surface area contributed by atoms with Gasteiger partial charge in [0, 0.05) is 22.4 Å². The van der Waals surface area contributed by atoms with Gasteiger partial charge in [0.15, 0.2) is 0 Å². The summed E-state index contributed by atoms with van der Waals surface area (Å²) in [6.45, 7) is 6.20. The van der Waals surface area contributed by atoms with Crippen LogP contribution < -0.4 is 0 Å². The van der Waals surface area contributed by atoms with Gasteiger partial charge in [0.1, 0.15) is 0 Å². The van der Waals surface area contributed by atoms with Crippen molar-refractivity contribution in [2.75, 3.05) is 0 Å². The van der Waals surface area contributed by atoms with Crippen LogP contribution in [0.5, 0.6) is 0 Å². The number of hydrogen-bond donors (Lipinski definition) is 1. The Morgan fingerprint density at radius 2 is 1.52 bits per heavy atom. The van der Waals surface area contributed by atoms with Crippen LogP contribution in [0, 0.1) is 0 Å². The summed E-state index contributed by atoms with van der Waals surface area (Å²) in [5.41, 5.74) is 2.31. The highest BCUT2D eigenvalue weighted by atomic mass is 35.7. The lowest BCUT2D eigenvalue weighted by Gasteiger charge is -2.18. The number of aromatic nitrogens is 1. The summed E-state index contributed by atoms with van der Waals surface area (Å²) in [6, 6.07) is 16.9. The molecule has 3 aromatic rings. The monoisotopic (exact) mass is 349 g/mol. The van der Waals surface area contributed by atoms with E-state index in [0.717, 1.165) is 5.56 Å². The number of hydrogen-bond acceptors (Lipinski definition) is 2. The molecule has 0 saturated carbocycles. The minimum Gasteiger partial charge on any atom is -0.361 e. The Labute approximate surface area is 141 Å². The van der Waals surface area contributed by atoms with Crippen molar-refractivity contribution in [3.63, 3.8) is 0 Å².